The van der Waals surface area contributed by atoms with E-state index in [0.29, 0.717) is 31.3 Å². The minimum atomic E-state index is -0.201. The maximum Gasteiger partial charge on any atom is 0.235 e. The molecule has 0 aliphatic heterocycles. The topological polar surface area (TPSA) is 89.9 Å². The summed E-state index contributed by atoms with van der Waals surface area (Å²) in [4.78, 5) is 13.9. The predicted octanol–water partition coefficient (Wildman–Crippen LogP) is -0.0192. The molecule has 0 saturated carbocycles. The molecule has 1 amide bonds. The zero-order valence-corrected chi connectivity index (χ0v) is 11.9. The molecule has 1 atom stereocenters. The minimum Gasteiger partial charge on any atom is -0.342 e. The zero-order valence-electron chi connectivity index (χ0n) is 11.0. The molecule has 0 spiro atoms. The van der Waals surface area contributed by atoms with Crippen LogP contribution in [0.25, 0.3) is 0 Å². The molecule has 102 valence electrons. The summed E-state index contributed by atoms with van der Waals surface area (Å²) in [6.07, 6.45) is 0. The number of rotatable bonds is 7. The Bertz CT molecular complexity index is 378. The summed E-state index contributed by atoms with van der Waals surface area (Å²) >= 11 is 1.36. The lowest BCUT2D eigenvalue weighted by Gasteiger charge is -2.22. The highest BCUT2D eigenvalue weighted by Crippen LogP contribution is 2.21. The third kappa shape index (κ3) is 3.67. The first-order valence-corrected chi connectivity index (χ1v) is 6.93. The van der Waals surface area contributed by atoms with Gasteiger partial charge in [-0.1, -0.05) is 11.8 Å². The third-order valence-corrected chi connectivity index (χ3v) is 3.60. The van der Waals surface area contributed by atoms with Crippen molar-refractivity contribution in [2.75, 3.05) is 19.6 Å². The Balaban J connectivity index is 2.65. The van der Waals surface area contributed by atoms with Crippen LogP contribution >= 0.6 is 11.8 Å². The van der Waals surface area contributed by atoms with E-state index in [4.69, 9.17) is 5.73 Å². The minimum absolute atomic E-state index is 0.104. The van der Waals surface area contributed by atoms with E-state index in [1.165, 1.54) is 11.8 Å². The van der Waals surface area contributed by atoms with Crippen molar-refractivity contribution >= 4 is 17.7 Å². The predicted molar refractivity (Wildman–Crippen MR) is 70.1 cm³/mol. The molecule has 0 fully saturated rings. The first-order chi connectivity index (χ1) is 8.63. The molecule has 1 aromatic rings. The number of carbonyl (C=O) groups excluding carboxylic acids is 1. The van der Waals surface area contributed by atoms with Gasteiger partial charge in [0.25, 0.3) is 0 Å². The van der Waals surface area contributed by atoms with Crippen LogP contribution in [-0.4, -0.2) is 55.9 Å². The van der Waals surface area contributed by atoms with Crippen molar-refractivity contribution in [2.45, 2.75) is 37.7 Å². The Morgan fingerprint density at radius 2 is 2.17 bits per heavy atom. The summed E-state index contributed by atoms with van der Waals surface area (Å²) < 4.78 is 1.62. The van der Waals surface area contributed by atoms with Crippen LogP contribution < -0.4 is 5.73 Å². The summed E-state index contributed by atoms with van der Waals surface area (Å²) in [6.45, 7) is 8.27. The van der Waals surface area contributed by atoms with E-state index in [0.717, 1.165) is 0 Å². The molecule has 18 heavy (non-hydrogen) atoms. The van der Waals surface area contributed by atoms with E-state index in [-0.39, 0.29) is 11.2 Å². The monoisotopic (exact) mass is 272 g/mol. The van der Waals surface area contributed by atoms with Gasteiger partial charge >= 0.3 is 0 Å². The second kappa shape index (κ2) is 7.32. The summed E-state index contributed by atoms with van der Waals surface area (Å²) in [5, 5.41) is 11.8. The molecule has 2 N–H and O–H groups in total. The second-order valence-electron chi connectivity index (χ2n) is 3.74. The van der Waals surface area contributed by atoms with Gasteiger partial charge in [0.05, 0.1) is 11.8 Å². The fraction of sp³-hybridized carbons (Fsp3) is 0.800. The molecule has 0 saturated heterocycles. The lowest BCUT2D eigenvalue weighted by Crippen LogP contribution is -2.36. The standard InChI is InChI=1S/C10H20N6OS/c1-4-15(5-2)9(17)8(3)18-10-12-13-14-16(10)7-6-11/h8H,4-7,11H2,1-3H3. The molecule has 0 radical (unpaired) electrons. The van der Waals surface area contributed by atoms with Crippen molar-refractivity contribution < 1.29 is 4.79 Å². The van der Waals surface area contributed by atoms with Crippen LogP contribution in [0.4, 0.5) is 0 Å². The van der Waals surface area contributed by atoms with Crippen LogP contribution in [0.15, 0.2) is 5.16 Å². The molecule has 8 heteroatoms. The molecule has 1 aromatic heterocycles. The highest BCUT2D eigenvalue weighted by Gasteiger charge is 2.21. The lowest BCUT2D eigenvalue weighted by atomic mass is 10.4. The van der Waals surface area contributed by atoms with E-state index >= 15 is 0 Å². The van der Waals surface area contributed by atoms with E-state index in [1.54, 1.807) is 9.58 Å². The van der Waals surface area contributed by atoms with Gasteiger partial charge in [0.15, 0.2) is 0 Å². The van der Waals surface area contributed by atoms with Crippen molar-refractivity contribution in [2.24, 2.45) is 5.73 Å². The van der Waals surface area contributed by atoms with Crippen LogP contribution in [0.5, 0.6) is 0 Å². The van der Waals surface area contributed by atoms with Crippen molar-refractivity contribution in [1.82, 2.24) is 25.1 Å². The lowest BCUT2D eigenvalue weighted by molar-refractivity contribution is -0.129. The number of thioether (sulfide) groups is 1. The molecular weight excluding hydrogens is 252 g/mol. The zero-order chi connectivity index (χ0) is 13.5. The van der Waals surface area contributed by atoms with E-state index < -0.39 is 0 Å². The fourth-order valence-corrected chi connectivity index (χ4v) is 2.44. The Morgan fingerprint density at radius 1 is 1.50 bits per heavy atom. The quantitative estimate of drug-likeness (QED) is 0.702. The SMILES string of the molecule is CCN(CC)C(=O)C(C)Sc1nnnn1CCN. The summed E-state index contributed by atoms with van der Waals surface area (Å²) in [7, 11) is 0. The molecule has 1 heterocycles. The van der Waals surface area contributed by atoms with Gasteiger partial charge in [-0.05, 0) is 31.2 Å². The van der Waals surface area contributed by atoms with Gasteiger partial charge in [-0.3, -0.25) is 4.79 Å². The van der Waals surface area contributed by atoms with E-state index in [2.05, 4.69) is 15.5 Å². The number of nitrogens with two attached hydrogens (primary N) is 1. The molecule has 1 unspecified atom stereocenters. The molecule has 0 bridgehead atoms. The van der Waals surface area contributed by atoms with Crippen molar-refractivity contribution in [3.05, 3.63) is 0 Å². The Hall–Kier alpha value is -1.15. The van der Waals surface area contributed by atoms with Gasteiger partial charge < -0.3 is 10.6 Å². The van der Waals surface area contributed by atoms with E-state index in [1.807, 2.05) is 20.8 Å². The Labute approximate surface area is 111 Å². The number of hydrogen-bond acceptors (Lipinski definition) is 6. The normalized spacial score (nSPS) is 12.4. The first-order valence-electron chi connectivity index (χ1n) is 6.05. The molecule has 0 aliphatic carbocycles. The fourth-order valence-electron chi connectivity index (χ4n) is 1.54. The number of tetrazole rings is 1. The number of nitrogens with zero attached hydrogens (tertiary/aromatic N) is 5. The largest absolute Gasteiger partial charge is 0.342 e. The Kier molecular flexibility index (Phi) is 6.06. The molecule has 7 nitrogen and oxygen atoms in total. The van der Waals surface area contributed by atoms with Gasteiger partial charge in [0, 0.05) is 19.6 Å². The molecular formula is C10H20N6OS. The number of carbonyl (C=O) groups is 1. The summed E-state index contributed by atoms with van der Waals surface area (Å²) in [5.41, 5.74) is 5.47. The summed E-state index contributed by atoms with van der Waals surface area (Å²) in [5.74, 6) is 0.104. The molecule has 0 aromatic carbocycles. The van der Waals surface area contributed by atoms with Crippen molar-refractivity contribution in [1.29, 1.82) is 0 Å². The van der Waals surface area contributed by atoms with Gasteiger partial charge in [0.1, 0.15) is 0 Å². The summed E-state index contributed by atoms with van der Waals surface area (Å²) in [6, 6.07) is 0. The van der Waals surface area contributed by atoms with Gasteiger partial charge in [-0.2, -0.15) is 0 Å². The average Bonchev–Trinajstić information content (AvgIpc) is 2.78. The smallest absolute Gasteiger partial charge is 0.235 e. The number of hydrogen-bond donors (Lipinski definition) is 1. The van der Waals surface area contributed by atoms with Crippen LogP contribution in [0.2, 0.25) is 0 Å². The van der Waals surface area contributed by atoms with Gasteiger partial charge in [-0.15, -0.1) is 5.10 Å². The molecule has 1 rings (SSSR count). The number of aromatic nitrogens is 4. The number of amides is 1. The van der Waals surface area contributed by atoms with Gasteiger partial charge in [-0.25, -0.2) is 4.68 Å². The van der Waals surface area contributed by atoms with Crippen LogP contribution in [-0.2, 0) is 11.3 Å². The van der Waals surface area contributed by atoms with Crippen molar-refractivity contribution in [3.63, 3.8) is 0 Å². The average molecular weight is 272 g/mol. The second-order valence-corrected chi connectivity index (χ2v) is 5.05. The highest BCUT2D eigenvalue weighted by molar-refractivity contribution is 8.00. The van der Waals surface area contributed by atoms with Crippen LogP contribution in [0.1, 0.15) is 20.8 Å². The molecule has 0 aliphatic rings. The van der Waals surface area contributed by atoms with Crippen LogP contribution in [0, 0.1) is 0 Å². The van der Waals surface area contributed by atoms with Crippen molar-refractivity contribution in [3.8, 4) is 0 Å². The van der Waals surface area contributed by atoms with Crippen LogP contribution in [0.3, 0.4) is 0 Å². The maximum atomic E-state index is 12.1. The van der Waals surface area contributed by atoms with Gasteiger partial charge in [0.2, 0.25) is 11.1 Å². The maximum absolute atomic E-state index is 12.1. The third-order valence-electron chi connectivity index (χ3n) is 2.55. The van der Waals surface area contributed by atoms with E-state index in [9.17, 15) is 4.79 Å². The first kappa shape index (κ1) is 14.9. The Morgan fingerprint density at radius 3 is 2.72 bits per heavy atom. The highest BCUT2D eigenvalue weighted by atomic mass is 32.2.